The number of aryl methyl sites for hydroxylation is 1. The Kier molecular flexibility index (Phi) is 6.12. The van der Waals surface area contributed by atoms with Gasteiger partial charge in [-0.3, -0.25) is 0 Å². The predicted octanol–water partition coefficient (Wildman–Crippen LogP) is 3.94. The first-order valence-electron chi connectivity index (χ1n) is 6.20. The molecule has 0 aliphatic carbocycles. The first kappa shape index (κ1) is 14.1. The van der Waals surface area contributed by atoms with E-state index in [1.807, 2.05) is 6.07 Å². The summed E-state index contributed by atoms with van der Waals surface area (Å²) in [5.41, 5.74) is 1.13. The SMILES string of the molecule is CC(C)NCCCCc1cccc(C(F)F)c1. The van der Waals surface area contributed by atoms with E-state index in [1.54, 1.807) is 12.1 Å². The minimum atomic E-state index is -2.36. The molecule has 96 valence electrons. The summed E-state index contributed by atoms with van der Waals surface area (Å²) in [5, 5.41) is 3.34. The number of unbranched alkanes of at least 4 members (excludes halogenated alkanes) is 1. The zero-order chi connectivity index (χ0) is 12.7. The van der Waals surface area contributed by atoms with Crippen LogP contribution in [0.25, 0.3) is 0 Å². The minimum absolute atomic E-state index is 0.128. The van der Waals surface area contributed by atoms with E-state index in [1.165, 1.54) is 6.07 Å². The molecule has 1 nitrogen and oxygen atoms in total. The lowest BCUT2D eigenvalue weighted by atomic mass is 10.1. The molecule has 0 aliphatic heterocycles. The number of halogens is 2. The van der Waals surface area contributed by atoms with Crippen LogP contribution in [0.3, 0.4) is 0 Å². The number of hydrogen-bond acceptors (Lipinski definition) is 1. The van der Waals surface area contributed by atoms with Gasteiger partial charge in [0.1, 0.15) is 0 Å². The Balaban J connectivity index is 2.29. The van der Waals surface area contributed by atoms with Crippen LogP contribution in [-0.4, -0.2) is 12.6 Å². The lowest BCUT2D eigenvalue weighted by Crippen LogP contribution is -2.23. The smallest absolute Gasteiger partial charge is 0.263 e. The van der Waals surface area contributed by atoms with E-state index in [-0.39, 0.29) is 5.56 Å². The Bertz CT molecular complexity index is 324. The molecule has 0 bridgehead atoms. The number of alkyl halides is 2. The number of nitrogens with one attached hydrogen (secondary N) is 1. The predicted molar refractivity (Wildman–Crippen MR) is 67.5 cm³/mol. The molecule has 0 radical (unpaired) electrons. The molecule has 0 atom stereocenters. The molecule has 0 unspecified atom stereocenters. The summed E-state index contributed by atoms with van der Waals surface area (Å²) in [6.45, 7) is 5.23. The summed E-state index contributed by atoms with van der Waals surface area (Å²) >= 11 is 0. The van der Waals surface area contributed by atoms with Gasteiger partial charge in [-0.25, -0.2) is 8.78 Å². The van der Waals surface area contributed by atoms with Crippen LogP contribution in [-0.2, 0) is 6.42 Å². The number of hydrogen-bond donors (Lipinski definition) is 1. The van der Waals surface area contributed by atoms with Gasteiger partial charge in [-0.05, 0) is 31.4 Å². The zero-order valence-electron chi connectivity index (χ0n) is 10.5. The average Bonchev–Trinajstić information content (AvgIpc) is 2.28. The van der Waals surface area contributed by atoms with Crippen molar-refractivity contribution in [3.63, 3.8) is 0 Å². The Morgan fingerprint density at radius 1 is 1.18 bits per heavy atom. The molecule has 1 rings (SSSR count). The van der Waals surface area contributed by atoms with Crippen LogP contribution in [0, 0.1) is 0 Å². The summed E-state index contributed by atoms with van der Waals surface area (Å²) in [6.07, 6.45) is 0.627. The first-order valence-corrected chi connectivity index (χ1v) is 6.20. The first-order chi connectivity index (χ1) is 8.09. The van der Waals surface area contributed by atoms with Crippen LogP contribution in [0.1, 0.15) is 44.2 Å². The quantitative estimate of drug-likeness (QED) is 0.713. The third kappa shape index (κ3) is 5.78. The topological polar surface area (TPSA) is 12.0 Å². The van der Waals surface area contributed by atoms with Gasteiger partial charge in [-0.2, -0.15) is 0 Å². The molecule has 0 aliphatic rings. The maximum Gasteiger partial charge on any atom is 0.263 e. The average molecular weight is 241 g/mol. The van der Waals surface area contributed by atoms with Crippen molar-refractivity contribution in [1.82, 2.24) is 5.32 Å². The van der Waals surface area contributed by atoms with Crippen molar-refractivity contribution in [2.75, 3.05) is 6.54 Å². The van der Waals surface area contributed by atoms with E-state index in [9.17, 15) is 8.78 Å². The van der Waals surface area contributed by atoms with Crippen LogP contribution >= 0.6 is 0 Å². The standard InChI is InChI=1S/C14H21F2N/c1-11(2)17-9-4-3-6-12-7-5-8-13(10-12)14(15)16/h5,7-8,10-11,14,17H,3-4,6,9H2,1-2H3. The zero-order valence-corrected chi connectivity index (χ0v) is 10.5. The normalized spacial score (nSPS) is 11.4. The van der Waals surface area contributed by atoms with Crippen LogP contribution in [0.15, 0.2) is 24.3 Å². The van der Waals surface area contributed by atoms with Crippen LogP contribution in [0.4, 0.5) is 8.78 Å². The third-order valence-electron chi connectivity index (χ3n) is 2.65. The van der Waals surface area contributed by atoms with Crippen molar-refractivity contribution in [2.24, 2.45) is 0 Å². The summed E-state index contributed by atoms with van der Waals surface area (Å²) < 4.78 is 24.9. The Labute approximate surface area is 102 Å². The van der Waals surface area contributed by atoms with E-state index in [0.29, 0.717) is 6.04 Å². The fraction of sp³-hybridized carbons (Fsp3) is 0.571. The van der Waals surface area contributed by atoms with Crippen LogP contribution in [0.2, 0.25) is 0 Å². The van der Waals surface area contributed by atoms with E-state index in [2.05, 4.69) is 19.2 Å². The molecule has 0 saturated heterocycles. The van der Waals surface area contributed by atoms with Gasteiger partial charge in [-0.15, -0.1) is 0 Å². The molecule has 0 fully saturated rings. The molecular formula is C14H21F2N. The lowest BCUT2D eigenvalue weighted by Gasteiger charge is -2.08. The van der Waals surface area contributed by atoms with Crippen LogP contribution in [0.5, 0.6) is 0 Å². The van der Waals surface area contributed by atoms with Crippen molar-refractivity contribution in [1.29, 1.82) is 0 Å². The fourth-order valence-corrected chi connectivity index (χ4v) is 1.73. The molecule has 1 aromatic carbocycles. The molecule has 0 spiro atoms. The van der Waals surface area contributed by atoms with Crippen molar-refractivity contribution in [3.8, 4) is 0 Å². The molecule has 1 N–H and O–H groups in total. The van der Waals surface area contributed by atoms with Crippen molar-refractivity contribution in [2.45, 2.75) is 45.6 Å². The molecule has 3 heteroatoms. The van der Waals surface area contributed by atoms with Crippen LogP contribution < -0.4 is 5.32 Å². The summed E-state index contributed by atoms with van der Waals surface area (Å²) in [5.74, 6) is 0. The summed E-state index contributed by atoms with van der Waals surface area (Å²) in [6, 6.07) is 7.23. The molecule has 1 aromatic rings. The van der Waals surface area contributed by atoms with E-state index < -0.39 is 6.43 Å². The van der Waals surface area contributed by atoms with E-state index in [0.717, 1.165) is 31.4 Å². The second-order valence-corrected chi connectivity index (χ2v) is 4.61. The summed E-state index contributed by atoms with van der Waals surface area (Å²) in [4.78, 5) is 0. The molecule has 0 amide bonds. The maximum atomic E-state index is 12.5. The highest BCUT2D eigenvalue weighted by Gasteiger charge is 2.06. The second kappa shape index (κ2) is 7.38. The highest BCUT2D eigenvalue weighted by molar-refractivity contribution is 5.24. The number of rotatable bonds is 7. The fourth-order valence-electron chi connectivity index (χ4n) is 1.73. The van der Waals surface area contributed by atoms with Gasteiger partial charge >= 0.3 is 0 Å². The van der Waals surface area contributed by atoms with Crippen molar-refractivity contribution < 1.29 is 8.78 Å². The number of benzene rings is 1. The Morgan fingerprint density at radius 3 is 2.59 bits per heavy atom. The maximum absolute atomic E-state index is 12.5. The van der Waals surface area contributed by atoms with Gasteiger partial charge in [0.05, 0.1) is 0 Å². The van der Waals surface area contributed by atoms with Gasteiger partial charge in [-0.1, -0.05) is 38.1 Å². The van der Waals surface area contributed by atoms with Gasteiger partial charge in [0, 0.05) is 11.6 Å². The highest BCUT2D eigenvalue weighted by atomic mass is 19.3. The lowest BCUT2D eigenvalue weighted by molar-refractivity contribution is 0.151. The Morgan fingerprint density at radius 2 is 1.94 bits per heavy atom. The van der Waals surface area contributed by atoms with Crippen molar-refractivity contribution >= 4 is 0 Å². The molecule has 0 saturated carbocycles. The molecule has 0 heterocycles. The Hall–Kier alpha value is -0.960. The van der Waals surface area contributed by atoms with Gasteiger partial charge in [0.15, 0.2) is 0 Å². The van der Waals surface area contributed by atoms with Gasteiger partial charge < -0.3 is 5.32 Å². The van der Waals surface area contributed by atoms with Gasteiger partial charge in [0.25, 0.3) is 6.43 Å². The molecule has 17 heavy (non-hydrogen) atoms. The van der Waals surface area contributed by atoms with E-state index >= 15 is 0 Å². The third-order valence-corrected chi connectivity index (χ3v) is 2.65. The summed E-state index contributed by atoms with van der Waals surface area (Å²) in [7, 11) is 0. The van der Waals surface area contributed by atoms with E-state index in [4.69, 9.17) is 0 Å². The monoisotopic (exact) mass is 241 g/mol. The molecular weight excluding hydrogens is 220 g/mol. The molecule has 0 aromatic heterocycles. The van der Waals surface area contributed by atoms with Gasteiger partial charge in [0.2, 0.25) is 0 Å². The second-order valence-electron chi connectivity index (χ2n) is 4.61. The highest BCUT2D eigenvalue weighted by Crippen LogP contribution is 2.20. The largest absolute Gasteiger partial charge is 0.315 e. The van der Waals surface area contributed by atoms with Crippen molar-refractivity contribution in [3.05, 3.63) is 35.4 Å². The minimum Gasteiger partial charge on any atom is -0.315 e.